The van der Waals surface area contributed by atoms with E-state index in [0.29, 0.717) is 11.5 Å². The number of anilines is 1. The van der Waals surface area contributed by atoms with E-state index < -0.39 is 11.7 Å². The van der Waals surface area contributed by atoms with Gasteiger partial charge in [0, 0.05) is 12.4 Å². The van der Waals surface area contributed by atoms with E-state index in [-0.39, 0.29) is 0 Å². The van der Waals surface area contributed by atoms with Gasteiger partial charge >= 0.3 is 6.09 Å². The van der Waals surface area contributed by atoms with E-state index in [2.05, 4.69) is 27.1 Å². The van der Waals surface area contributed by atoms with Crippen molar-refractivity contribution in [2.45, 2.75) is 26.4 Å². The van der Waals surface area contributed by atoms with Crippen molar-refractivity contribution in [1.82, 2.24) is 4.98 Å². The third-order valence-electron chi connectivity index (χ3n) is 1.48. The molecule has 0 fully saturated rings. The van der Waals surface area contributed by atoms with Crippen LogP contribution in [-0.4, -0.2) is 16.7 Å². The molecule has 16 heavy (non-hydrogen) atoms. The largest absolute Gasteiger partial charge is 0.444 e. The molecule has 1 heterocycles. The average molecular weight is 239 g/mol. The summed E-state index contributed by atoms with van der Waals surface area (Å²) >= 11 is 4.49. The van der Waals surface area contributed by atoms with Gasteiger partial charge in [-0.3, -0.25) is 5.32 Å². The molecule has 0 bridgehead atoms. The van der Waals surface area contributed by atoms with E-state index in [1.165, 1.54) is 6.20 Å². The normalized spacial score (nSPS) is 10.7. The van der Waals surface area contributed by atoms with E-state index in [4.69, 9.17) is 4.74 Å². The molecule has 0 aliphatic carbocycles. The molecule has 1 N–H and O–H groups in total. The summed E-state index contributed by atoms with van der Waals surface area (Å²) in [7, 11) is 0. The summed E-state index contributed by atoms with van der Waals surface area (Å²) in [6, 6.07) is 3.27. The summed E-state index contributed by atoms with van der Waals surface area (Å²) in [5.41, 5.74) is 0.0460. The summed E-state index contributed by atoms with van der Waals surface area (Å²) in [4.78, 5) is 15.3. The summed E-state index contributed by atoms with van der Waals surface area (Å²) in [5, 5.41) is 2.50. The Labute approximate surface area is 99.4 Å². The van der Waals surface area contributed by atoms with Crippen molar-refractivity contribution in [2.75, 3.05) is 5.32 Å². The Morgan fingerprint density at radius 1 is 1.50 bits per heavy atom. The van der Waals surface area contributed by atoms with Crippen molar-refractivity contribution in [3.8, 4) is 0 Å². The van der Waals surface area contributed by atoms with Gasteiger partial charge in [-0.15, -0.1) is 0 Å². The molecule has 1 rings (SSSR count). The van der Waals surface area contributed by atoms with Gasteiger partial charge in [0.05, 0.1) is 11.9 Å². The maximum Gasteiger partial charge on any atom is 0.413 e. The number of nitrogens with one attached hydrogen (secondary N) is 1. The highest BCUT2D eigenvalue weighted by Crippen LogP contribution is 2.13. The fourth-order valence-electron chi connectivity index (χ4n) is 0.922. The zero-order valence-electron chi connectivity index (χ0n) is 9.35. The maximum absolute atomic E-state index is 11.4. The fraction of sp³-hybridized carbons (Fsp3) is 0.400. The third-order valence-corrected chi connectivity index (χ3v) is 1.69. The lowest BCUT2D eigenvalue weighted by Crippen LogP contribution is -2.27. The van der Waals surface area contributed by atoms with Gasteiger partial charge in [0.25, 0.3) is 0 Å². The van der Waals surface area contributed by atoms with Crippen LogP contribution >= 0.6 is 0 Å². The summed E-state index contributed by atoms with van der Waals surface area (Å²) in [5.74, 6) is 0.400. The highest BCUT2D eigenvalue weighted by molar-refractivity contribution is 7.47. The Kier molecular flexibility index (Phi) is 3.89. The highest BCUT2D eigenvalue weighted by atomic mass is 32.1. The van der Waals surface area contributed by atoms with Crippen molar-refractivity contribution in [3.63, 3.8) is 0 Å². The average Bonchev–Trinajstić information content (AvgIpc) is 2.16. The Hall–Kier alpha value is -1.56. The lowest BCUT2D eigenvalue weighted by Gasteiger charge is -2.19. The molecule has 0 atom stereocenters. The minimum Gasteiger partial charge on any atom is -0.444 e. The Bertz CT molecular complexity index is 384. The smallest absolute Gasteiger partial charge is 0.413 e. The van der Waals surface area contributed by atoms with Crippen LogP contribution in [0.4, 0.5) is 16.3 Å². The number of carbonyl (C=O) groups is 1. The van der Waals surface area contributed by atoms with Crippen LogP contribution in [0.2, 0.25) is 0 Å². The SMILES string of the molecule is CC(C)(C)OC(=O)Nc1ccc(N=S)cn1. The van der Waals surface area contributed by atoms with Crippen LogP contribution in [0.1, 0.15) is 20.8 Å². The first-order valence-electron chi connectivity index (χ1n) is 4.70. The van der Waals surface area contributed by atoms with Crippen molar-refractivity contribution < 1.29 is 9.53 Å². The summed E-state index contributed by atoms with van der Waals surface area (Å²) in [6.07, 6.45) is 0.933. The predicted octanol–water partition coefficient (Wildman–Crippen LogP) is 2.79. The van der Waals surface area contributed by atoms with Crippen molar-refractivity contribution in [3.05, 3.63) is 18.3 Å². The standard InChI is InChI=1S/C10H13N3O2S/c1-10(2,3)15-9(14)12-8-5-4-7(13-16)6-11-8/h4-6H,1-3H3,(H,11,12,14). The van der Waals surface area contributed by atoms with Gasteiger partial charge in [-0.05, 0) is 32.9 Å². The Morgan fingerprint density at radius 3 is 2.62 bits per heavy atom. The zero-order chi connectivity index (χ0) is 12.2. The Balaban J connectivity index is 2.59. The van der Waals surface area contributed by atoms with E-state index in [9.17, 15) is 4.79 Å². The molecular weight excluding hydrogens is 226 g/mol. The number of amides is 1. The summed E-state index contributed by atoms with van der Waals surface area (Å²) in [6.45, 7) is 5.37. The van der Waals surface area contributed by atoms with Crippen LogP contribution in [0.5, 0.6) is 0 Å². The minimum absolute atomic E-state index is 0.400. The van der Waals surface area contributed by atoms with Gasteiger partial charge in [0.15, 0.2) is 0 Å². The molecule has 0 saturated heterocycles. The van der Waals surface area contributed by atoms with E-state index in [1.54, 1.807) is 32.9 Å². The second-order valence-electron chi connectivity index (χ2n) is 4.12. The number of rotatable bonds is 2. The molecule has 86 valence electrons. The molecule has 0 aliphatic rings. The first kappa shape index (κ1) is 12.5. The minimum atomic E-state index is -0.539. The Morgan fingerprint density at radius 2 is 2.19 bits per heavy atom. The molecule has 6 heteroatoms. The van der Waals surface area contributed by atoms with Crippen LogP contribution < -0.4 is 5.32 Å². The molecule has 0 spiro atoms. The van der Waals surface area contributed by atoms with E-state index in [0.717, 1.165) is 0 Å². The van der Waals surface area contributed by atoms with E-state index in [1.807, 2.05) is 0 Å². The van der Waals surface area contributed by atoms with E-state index >= 15 is 0 Å². The number of aromatic nitrogens is 1. The first-order valence-corrected chi connectivity index (χ1v) is 5.06. The van der Waals surface area contributed by atoms with Crippen LogP contribution in [0.25, 0.3) is 0 Å². The topological polar surface area (TPSA) is 63.6 Å². The van der Waals surface area contributed by atoms with Gasteiger partial charge in [0.1, 0.15) is 11.4 Å². The maximum atomic E-state index is 11.4. The fourth-order valence-corrected chi connectivity index (χ4v) is 1.03. The molecule has 5 nitrogen and oxygen atoms in total. The van der Waals surface area contributed by atoms with Crippen molar-refractivity contribution in [2.24, 2.45) is 4.36 Å². The molecule has 1 aromatic heterocycles. The molecule has 0 aromatic carbocycles. The predicted molar refractivity (Wildman–Crippen MR) is 63.5 cm³/mol. The van der Waals surface area contributed by atoms with Gasteiger partial charge in [0.2, 0.25) is 0 Å². The van der Waals surface area contributed by atoms with Gasteiger partial charge in [-0.1, -0.05) is 0 Å². The third kappa shape index (κ3) is 4.31. The quantitative estimate of drug-likeness (QED) is 0.861. The molecule has 0 aliphatic heterocycles. The zero-order valence-corrected chi connectivity index (χ0v) is 10.2. The van der Waals surface area contributed by atoms with Crippen LogP contribution in [-0.2, 0) is 17.2 Å². The van der Waals surface area contributed by atoms with Crippen LogP contribution in [0, 0.1) is 0 Å². The number of carbonyl (C=O) groups excluding carboxylic acids is 1. The number of hydrogen-bond acceptors (Lipinski definition) is 5. The molecule has 0 radical (unpaired) electrons. The first-order chi connectivity index (χ1) is 7.40. The molecule has 1 amide bonds. The van der Waals surface area contributed by atoms with Gasteiger partial charge in [-0.2, -0.15) is 4.36 Å². The second-order valence-corrected chi connectivity index (χ2v) is 4.30. The van der Waals surface area contributed by atoms with Gasteiger partial charge < -0.3 is 4.74 Å². The number of hydrogen-bond donors (Lipinski definition) is 1. The number of nitrogens with zero attached hydrogens (tertiary/aromatic N) is 2. The lowest BCUT2D eigenvalue weighted by atomic mass is 10.2. The van der Waals surface area contributed by atoms with Gasteiger partial charge in [-0.25, -0.2) is 9.78 Å². The van der Waals surface area contributed by atoms with Crippen LogP contribution in [0.3, 0.4) is 0 Å². The molecule has 1 aromatic rings. The monoisotopic (exact) mass is 239 g/mol. The lowest BCUT2D eigenvalue weighted by molar-refractivity contribution is 0.0635. The molecule has 0 unspecified atom stereocenters. The van der Waals surface area contributed by atoms with Crippen LogP contribution in [0.15, 0.2) is 22.7 Å². The van der Waals surface area contributed by atoms with Crippen molar-refractivity contribution >= 4 is 30.0 Å². The highest BCUT2D eigenvalue weighted by Gasteiger charge is 2.16. The number of pyridine rings is 1. The second kappa shape index (κ2) is 4.98. The molecular formula is C10H13N3O2S. The molecule has 0 saturated carbocycles. The number of ether oxygens (including phenoxy) is 1. The van der Waals surface area contributed by atoms with Crippen molar-refractivity contribution in [1.29, 1.82) is 0 Å². The summed E-state index contributed by atoms with van der Waals surface area (Å²) < 4.78 is 8.59.